The summed E-state index contributed by atoms with van der Waals surface area (Å²) >= 11 is 0. The lowest BCUT2D eigenvalue weighted by molar-refractivity contribution is 0.314. The van der Waals surface area contributed by atoms with Crippen molar-refractivity contribution in [2.45, 2.75) is 32.2 Å². The lowest BCUT2D eigenvalue weighted by Crippen LogP contribution is -2.19. The summed E-state index contributed by atoms with van der Waals surface area (Å²) < 4.78 is 5.69. The zero-order valence-corrected chi connectivity index (χ0v) is 8.62. The van der Waals surface area contributed by atoms with Crippen molar-refractivity contribution in [2.24, 2.45) is 5.73 Å². The number of rotatable bonds is 3. The van der Waals surface area contributed by atoms with Gasteiger partial charge >= 0.3 is 0 Å². The minimum absolute atomic E-state index is 0.288. The normalized spacial score (nSPS) is 19.4. The van der Waals surface area contributed by atoms with Crippen LogP contribution in [0.3, 0.4) is 0 Å². The molecule has 1 atom stereocenters. The van der Waals surface area contributed by atoms with E-state index in [2.05, 4.69) is 19.1 Å². The summed E-state index contributed by atoms with van der Waals surface area (Å²) in [6, 6.07) is 6.55. The van der Waals surface area contributed by atoms with Gasteiger partial charge in [0.2, 0.25) is 0 Å². The van der Waals surface area contributed by atoms with Crippen molar-refractivity contribution < 1.29 is 4.74 Å². The summed E-state index contributed by atoms with van der Waals surface area (Å²) in [5.74, 6) is 1.04. The van der Waals surface area contributed by atoms with Crippen LogP contribution in [0.15, 0.2) is 18.2 Å². The van der Waals surface area contributed by atoms with Gasteiger partial charge in [0.1, 0.15) is 5.75 Å². The zero-order valence-electron chi connectivity index (χ0n) is 8.62. The van der Waals surface area contributed by atoms with E-state index in [0.29, 0.717) is 0 Å². The van der Waals surface area contributed by atoms with Gasteiger partial charge in [0, 0.05) is 6.04 Å². The molecule has 0 heterocycles. The highest BCUT2D eigenvalue weighted by molar-refractivity contribution is 5.44. The molecule has 1 aromatic rings. The smallest absolute Gasteiger partial charge is 0.122 e. The largest absolute Gasteiger partial charge is 0.493 e. The third-order valence-electron chi connectivity index (χ3n) is 2.64. The van der Waals surface area contributed by atoms with Crippen molar-refractivity contribution in [3.63, 3.8) is 0 Å². The van der Waals surface area contributed by atoms with Gasteiger partial charge in [-0.15, -0.1) is 0 Å². The molecule has 1 aromatic carbocycles. The van der Waals surface area contributed by atoms with Crippen molar-refractivity contribution in [1.29, 1.82) is 0 Å². The molecule has 0 spiro atoms. The van der Waals surface area contributed by atoms with Crippen molar-refractivity contribution in [3.05, 3.63) is 29.3 Å². The number of hydrogen-bond acceptors (Lipinski definition) is 2. The number of fused-ring (bicyclic) bond motifs is 1. The quantitative estimate of drug-likeness (QED) is 0.792. The Kier molecular flexibility index (Phi) is 2.73. The highest BCUT2D eigenvalue weighted by Crippen LogP contribution is 2.29. The molecule has 1 unspecified atom stereocenters. The van der Waals surface area contributed by atoms with Gasteiger partial charge in [-0.2, -0.15) is 0 Å². The third-order valence-corrected chi connectivity index (χ3v) is 2.64. The average molecular weight is 191 g/mol. The summed E-state index contributed by atoms with van der Waals surface area (Å²) in [7, 11) is 0. The van der Waals surface area contributed by atoms with Crippen LogP contribution in [0.25, 0.3) is 0 Å². The van der Waals surface area contributed by atoms with Gasteiger partial charge in [0.05, 0.1) is 6.61 Å². The molecule has 0 bridgehead atoms. The first kappa shape index (κ1) is 9.53. The van der Waals surface area contributed by atoms with Crippen LogP contribution < -0.4 is 10.5 Å². The van der Waals surface area contributed by atoms with Crippen LogP contribution in [-0.2, 0) is 12.8 Å². The maximum Gasteiger partial charge on any atom is 0.122 e. The van der Waals surface area contributed by atoms with Gasteiger partial charge in [-0.25, -0.2) is 0 Å². The van der Waals surface area contributed by atoms with Crippen molar-refractivity contribution >= 4 is 0 Å². The van der Waals surface area contributed by atoms with Crippen LogP contribution in [0, 0.1) is 0 Å². The standard InChI is InChI=1S/C12H17NO/c1-2-6-14-12-5-3-4-9-7-10(13)8-11(9)12/h3-5,10H,2,6-8,13H2,1H3. The molecule has 0 saturated heterocycles. The number of benzene rings is 1. The van der Waals surface area contributed by atoms with E-state index in [0.717, 1.165) is 31.6 Å². The van der Waals surface area contributed by atoms with Crippen LogP contribution in [0.2, 0.25) is 0 Å². The second kappa shape index (κ2) is 4.01. The van der Waals surface area contributed by atoms with E-state index < -0.39 is 0 Å². The van der Waals surface area contributed by atoms with E-state index in [1.165, 1.54) is 11.1 Å². The van der Waals surface area contributed by atoms with Crippen molar-refractivity contribution in [1.82, 2.24) is 0 Å². The Bertz CT molecular complexity index is 322. The van der Waals surface area contributed by atoms with E-state index >= 15 is 0 Å². The zero-order chi connectivity index (χ0) is 9.97. The summed E-state index contributed by atoms with van der Waals surface area (Å²) in [5.41, 5.74) is 8.62. The summed E-state index contributed by atoms with van der Waals surface area (Å²) in [4.78, 5) is 0. The highest BCUT2D eigenvalue weighted by atomic mass is 16.5. The Morgan fingerprint density at radius 3 is 3.07 bits per heavy atom. The topological polar surface area (TPSA) is 35.2 Å². The minimum atomic E-state index is 0.288. The number of nitrogens with two attached hydrogens (primary N) is 1. The molecular formula is C12H17NO. The number of hydrogen-bond donors (Lipinski definition) is 1. The lowest BCUT2D eigenvalue weighted by Gasteiger charge is -2.09. The molecule has 2 rings (SSSR count). The molecule has 2 nitrogen and oxygen atoms in total. The maximum absolute atomic E-state index is 5.93. The van der Waals surface area contributed by atoms with E-state index in [-0.39, 0.29) is 6.04 Å². The van der Waals surface area contributed by atoms with Crippen LogP contribution >= 0.6 is 0 Å². The summed E-state index contributed by atoms with van der Waals surface area (Å²) in [6.45, 7) is 2.92. The predicted octanol–water partition coefficient (Wildman–Crippen LogP) is 1.90. The van der Waals surface area contributed by atoms with E-state index in [1.54, 1.807) is 0 Å². The molecule has 0 saturated carbocycles. The Morgan fingerprint density at radius 2 is 2.29 bits per heavy atom. The summed E-state index contributed by atoms with van der Waals surface area (Å²) in [5, 5.41) is 0. The van der Waals surface area contributed by atoms with E-state index in [1.807, 2.05) is 6.07 Å². The average Bonchev–Trinajstić information content (AvgIpc) is 2.55. The van der Waals surface area contributed by atoms with Gasteiger partial charge in [-0.3, -0.25) is 0 Å². The lowest BCUT2D eigenvalue weighted by atomic mass is 10.1. The van der Waals surface area contributed by atoms with Crippen LogP contribution in [0.1, 0.15) is 24.5 Å². The van der Waals surface area contributed by atoms with Crippen LogP contribution in [-0.4, -0.2) is 12.6 Å². The van der Waals surface area contributed by atoms with Crippen LogP contribution in [0.5, 0.6) is 5.75 Å². The van der Waals surface area contributed by atoms with E-state index in [4.69, 9.17) is 10.5 Å². The van der Waals surface area contributed by atoms with Crippen molar-refractivity contribution in [3.8, 4) is 5.75 Å². The second-order valence-corrected chi connectivity index (χ2v) is 3.91. The first-order valence-corrected chi connectivity index (χ1v) is 5.30. The molecule has 0 aliphatic heterocycles. The van der Waals surface area contributed by atoms with Crippen LogP contribution in [0.4, 0.5) is 0 Å². The van der Waals surface area contributed by atoms with Gasteiger partial charge in [0.15, 0.2) is 0 Å². The molecule has 2 N–H and O–H groups in total. The maximum atomic E-state index is 5.93. The molecule has 0 fully saturated rings. The molecular weight excluding hydrogens is 174 g/mol. The fourth-order valence-corrected chi connectivity index (χ4v) is 2.00. The predicted molar refractivity (Wildman–Crippen MR) is 57.6 cm³/mol. The monoisotopic (exact) mass is 191 g/mol. The Balaban J connectivity index is 2.21. The summed E-state index contributed by atoms with van der Waals surface area (Å²) in [6.07, 6.45) is 3.02. The fourth-order valence-electron chi connectivity index (χ4n) is 2.00. The van der Waals surface area contributed by atoms with Gasteiger partial charge < -0.3 is 10.5 Å². The SMILES string of the molecule is CCCOc1cccc2c1CC(N)C2. The van der Waals surface area contributed by atoms with Crippen molar-refractivity contribution in [2.75, 3.05) is 6.61 Å². The first-order chi connectivity index (χ1) is 6.81. The molecule has 14 heavy (non-hydrogen) atoms. The molecule has 1 aliphatic carbocycles. The Labute approximate surface area is 85.1 Å². The second-order valence-electron chi connectivity index (χ2n) is 3.91. The van der Waals surface area contributed by atoms with Gasteiger partial charge in [0.25, 0.3) is 0 Å². The molecule has 0 radical (unpaired) electrons. The van der Waals surface area contributed by atoms with Gasteiger partial charge in [-0.05, 0) is 36.5 Å². The first-order valence-electron chi connectivity index (χ1n) is 5.30. The Morgan fingerprint density at radius 1 is 1.43 bits per heavy atom. The highest BCUT2D eigenvalue weighted by Gasteiger charge is 2.21. The number of ether oxygens (including phenoxy) is 1. The molecule has 76 valence electrons. The van der Waals surface area contributed by atoms with Gasteiger partial charge in [-0.1, -0.05) is 19.1 Å². The van der Waals surface area contributed by atoms with E-state index in [9.17, 15) is 0 Å². The Hall–Kier alpha value is -1.02. The minimum Gasteiger partial charge on any atom is -0.493 e. The molecule has 1 aliphatic rings. The molecule has 0 amide bonds. The molecule has 0 aromatic heterocycles. The fraction of sp³-hybridized carbons (Fsp3) is 0.500. The molecule has 2 heteroatoms. The third kappa shape index (κ3) is 1.75.